The van der Waals surface area contributed by atoms with Gasteiger partial charge in [0.15, 0.2) is 0 Å². The molecule has 0 saturated heterocycles. The van der Waals surface area contributed by atoms with E-state index in [2.05, 4.69) is 5.32 Å². The van der Waals surface area contributed by atoms with Crippen molar-refractivity contribution in [2.24, 2.45) is 0 Å². The van der Waals surface area contributed by atoms with Gasteiger partial charge in [-0.25, -0.2) is 9.59 Å². The summed E-state index contributed by atoms with van der Waals surface area (Å²) < 4.78 is 5.41. The summed E-state index contributed by atoms with van der Waals surface area (Å²) in [7, 11) is 0. The van der Waals surface area contributed by atoms with Crippen LogP contribution in [0.4, 0.5) is 4.79 Å². The zero-order valence-electron chi connectivity index (χ0n) is 16.4. The third kappa shape index (κ3) is 4.20. The molecule has 4 rings (SSSR count). The van der Waals surface area contributed by atoms with E-state index >= 15 is 0 Å². The lowest BCUT2D eigenvalue weighted by molar-refractivity contribution is -0.139. The number of carbonyl (C=O) groups excluding carboxylic acids is 1. The second-order valence-corrected chi connectivity index (χ2v) is 7.72. The molecule has 1 atom stereocenters. The van der Waals surface area contributed by atoms with E-state index in [1.165, 1.54) is 6.07 Å². The molecule has 0 fully saturated rings. The number of amides is 1. The summed E-state index contributed by atoms with van der Waals surface area (Å²) in [6, 6.07) is 19.3. The maximum Gasteiger partial charge on any atom is 0.407 e. The lowest BCUT2D eigenvalue weighted by Crippen LogP contribution is -2.42. The normalized spacial score (nSPS) is 13.2. The smallest absolute Gasteiger partial charge is 0.407 e. The number of fused-ring (bicyclic) bond motifs is 3. The van der Waals surface area contributed by atoms with E-state index in [0.29, 0.717) is 5.56 Å². The van der Waals surface area contributed by atoms with Crippen molar-refractivity contribution in [3.63, 3.8) is 0 Å². The lowest BCUT2D eigenvalue weighted by atomic mass is 9.98. The summed E-state index contributed by atoms with van der Waals surface area (Å²) >= 11 is 5.88. The van der Waals surface area contributed by atoms with Crippen LogP contribution in [0.2, 0.25) is 5.02 Å². The van der Waals surface area contributed by atoms with Crippen LogP contribution in [0.25, 0.3) is 11.1 Å². The van der Waals surface area contributed by atoms with Gasteiger partial charge >= 0.3 is 12.1 Å². The van der Waals surface area contributed by atoms with Crippen LogP contribution in [-0.2, 0) is 16.0 Å². The molecule has 7 heteroatoms. The Labute approximate surface area is 184 Å². The predicted molar refractivity (Wildman–Crippen MR) is 116 cm³/mol. The van der Waals surface area contributed by atoms with Crippen LogP contribution in [-0.4, -0.2) is 34.9 Å². The van der Waals surface area contributed by atoms with Gasteiger partial charge in [0.2, 0.25) is 0 Å². The number of hydrogen-bond donors (Lipinski definition) is 3. The summed E-state index contributed by atoms with van der Waals surface area (Å²) in [5.74, 6) is -1.57. The highest BCUT2D eigenvalue weighted by atomic mass is 35.5. The molecule has 0 bridgehead atoms. The molecule has 31 heavy (non-hydrogen) atoms. The molecule has 0 radical (unpaired) electrons. The van der Waals surface area contributed by atoms with Crippen LogP contribution >= 0.6 is 11.6 Å². The highest BCUT2D eigenvalue weighted by Gasteiger charge is 2.30. The van der Waals surface area contributed by atoms with Gasteiger partial charge in [0.1, 0.15) is 18.4 Å². The molecule has 6 nitrogen and oxygen atoms in total. The van der Waals surface area contributed by atoms with Crippen molar-refractivity contribution in [3.05, 3.63) is 88.4 Å². The molecule has 0 spiro atoms. The minimum absolute atomic E-state index is 0.0780. The fourth-order valence-electron chi connectivity index (χ4n) is 3.93. The zero-order valence-corrected chi connectivity index (χ0v) is 17.2. The second-order valence-electron chi connectivity index (χ2n) is 7.31. The van der Waals surface area contributed by atoms with Gasteiger partial charge in [-0.05, 0) is 33.9 Å². The number of aliphatic carboxylic acids is 1. The van der Waals surface area contributed by atoms with Crippen molar-refractivity contribution in [2.45, 2.75) is 18.4 Å². The molecule has 0 heterocycles. The third-order valence-corrected chi connectivity index (χ3v) is 5.73. The first-order chi connectivity index (χ1) is 15.0. The number of nitrogens with one attached hydrogen (secondary N) is 1. The van der Waals surface area contributed by atoms with Crippen molar-refractivity contribution in [3.8, 4) is 16.9 Å². The fourth-order valence-corrected chi connectivity index (χ4v) is 4.12. The Bertz CT molecular complexity index is 1100. The van der Waals surface area contributed by atoms with Gasteiger partial charge < -0.3 is 20.3 Å². The van der Waals surface area contributed by atoms with Crippen LogP contribution in [0, 0.1) is 0 Å². The SMILES string of the molecule is O=C(NC(Cc1cccc(Cl)c1O)C(=O)O)OCC1c2ccccc2-c2ccccc21. The summed E-state index contributed by atoms with van der Waals surface area (Å²) in [6.45, 7) is 0.0780. The Hall–Kier alpha value is -3.51. The van der Waals surface area contributed by atoms with Crippen LogP contribution in [0.1, 0.15) is 22.6 Å². The molecule has 1 aliphatic rings. The van der Waals surface area contributed by atoms with Crippen molar-refractivity contribution in [2.75, 3.05) is 6.61 Å². The number of aromatic hydroxyl groups is 1. The largest absolute Gasteiger partial charge is 0.506 e. The molecule has 3 N–H and O–H groups in total. The molecular formula is C24H20ClNO5. The van der Waals surface area contributed by atoms with E-state index in [-0.39, 0.29) is 29.7 Å². The maximum atomic E-state index is 12.4. The van der Waals surface area contributed by atoms with Gasteiger partial charge in [0.25, 0.3) is 0 Å². The van der Waals surface area contributed by atoms with Crippen LogP contribution in [0.15, 0.2) is 66.7 Å². The second kappa shape index (κ2) is 8.70. The number of carboxylic acid groups (broad SMARTS) is 1. The number of benzene rings is 3. The lowest BCUT2D eigenvalue weighted by Gasteiger charge is -2.18. The number of carbonyl (C=O) groups is 2. The number of rotatable bonds is 6. The van der Waals surface area contributed by atoms with Gasteiger partial charge in [-0.2, -0.15) is 0 Å². The van der Waals surface area contributed by atoms with Gasteiger partial charge in [-0.3, -0.25) is 0 Å². The Balaban J connectivity index is 1.45. The average Bonchev–Trinajstić information content (AvgIpc) is 3.08. The summed E-state index contributed by atoms with van der Waals surface area (Å²) in [4.78, 5) is 24.0. The first kappa shape index (κ1) is 20.8. The van der Waals surface area contributed by atoms with E-state index in [4.69, 9.17) is 16.3 Å². The van der Waals surface area contributed by atoms with Crippen molar-refractivity contribution >= 4 is 23.7 Å². The molecule has 3 aromatic carbocycles. The monoisotopic (exact) mass is 437 g/mol. The topological polar surface area (TPSA) is 95.9 Å². The molecule has 0 aliphatic heterocycles. The van der Waals surface area contributed by atoms with Crippen molar-refractivity contribution in [1.29, 1.82) is 0 Å². The van der Waals surface area contributed by atoms with Crippen molar-refractivity contribution < 1.29 is 24.5 Å². The predicted octanol–water partition coefficient (Wildman–Crippen LogP) is 4.58. The summed E-state index contributed by atoms with van der Waals surface area (Å²) in [6.07, 6.45) is -0.970. The van der Waals surface area contributed by atoms with Crippen LogP contribution in [0.3, 0.4) is 0 Å². The summed E-state index contributed by atoms with van der Waals surface area (Å²) in [5, 5.41) is 22.0. The van der Waals surface area contributed by atoms with Gasteiger partial charge in [-0.1, -0.05) is 72.3 Å². The molecular weight excluding hydrogens is 418 g/mol. The number of hydrogen-bond acceptors (Lipinski definition) is 4. The standard InChI is InChI=1S/C24H20ClNO5/c25-20-11-5-6-14(22(20)27)12-21(23(28)29)26-24(30)31-13-19-17-9-3-1-7-15(17)16-8-2-4-10-18(16)19/h1-11,19,21,27H,12-13H2,(H,26,30)(H,28,29). The Morgan fingerprint density at radius 2 is 1.58 bits per heavy atom. The first-order valence-electron chi connectivity index (χ1n) is 9.76. The number of ether oxygens (including phenoxy) is 1. The Morgan fingerprint density at radius 3 is 2.19 bits per heavy atom. The third-order valence-electron chi connectivity index (χ3n) is 5.43. The number of phenols is 1. The molecule has 0 saturated carbocycles. The number of halogens is 1. The Kier molecular flexibility index (Phi) is 5.82. The van der Waals surface area contributed by atoms with Gasteiger partial charge in [0, 0.05) is 12.3 Å². The number of alkyl carbamates (subject to hydrolysis) is 1. The Morgan fingerprint density at radius 1 is 0.968 bits per heavy atom. The van der Waals surface area contributed by atoms with Crippen molar-refractivity contribution in [1.82, 2.24) is 5.32 Å². The van der Waals surface area contributed by atoms with E-state index < -0.39 is 18.1 Å². The fraction of sp³-hybridized carbons (Fsp3) is 0.167. The van der Waals surface area contributed by atoms with Gasteiger partial charge in [-0.15, -0.1) is 0 Å². The number of carboxylic acids is 1. The quantitative estimate of drug-likeness (QED) is 0.524. The molecule has 0 aromatic heterocycles. The highest BCUT2D eigenvalue weighted by molar-refractivity contribution is 6.32. The molecule has 1 unspecified atom stereocenters. The highest BCUT2D eigenvalue weighted by Crippen LogP contribution is 2.44. The van der Waals surface area contributed by atoms with E-state index in [1.54, 1.807) is 12.1 Å². The molecule has 158 valence electrons. The molecule has 1 amide bonds. The van der Waals surface area contributed by atoms with E-state index in [0.717, 1.165) is 22.3 Å². The van der Waals surface area contributed by atoms with Crippen LogP contribution < -0.4 is 5.32 Å². The maximum absolute atomic E-state index is 12.4. The molecule has 3 aromatic rings. The minimum Gasteiger partial charge on any atom is -0.506 e. The minimum atomic E-state index is -1.28. The number of para-hydroxylation sites is 1. The van der Waals surface area contributed by atoms with E-state index in [9.17, 15) is 19.8 Å². The number of phenolic OH excluding ortho intramolecular Hbond substituents is 1. The molecule has 1 aliphatic carbocycles. The van der Waals surface area contributed by atoms with Crippen LogP contribution in [0.5, 0.6) is 5.75 Å². The van der Waals surface area contributed by atoms with E-state index in [1.807, 2.05) is 48.5 Å². The first-order valence-corrected chi connectivity index (χ1v) is 10.1. The average molecular weight is 438 g/mol. The zero-order chi connectivity index (χ0) is 22.0. The summed E-state index contributed by atoms with van der Waals surface area (Å²) in [5.41, 5.74) is 4.66. The van der Waals surface area contributed by atoms with Gasteiger partial charge in [0.05, 0.1) is 5.02 Å².